The number of hydrogen-bond donors (Lipinski definition) is 1. The summed E-state index contributed by atoms with van der Waals surface area (Å²) in [4.78, 5) is 8.17. The van der Waals surface area contributed by atoms with Crippen molar-refractivity contribution >= 4 is 0 Å². The number of methoxy groups -OCH3 is 1. The van der Waals surface area contributed by atoms with Crippen LogP contribution in [0.4, 0.5) is 0 Å². The number of nitrogens with two attached hydrogens (primary N) is 1. The number of hydrogen-bond acceptors (Lipinski definition) is 4. The molecule has 0 aliphatic carbocycles. The highest BCUT2D eigenvalue weighted by Crippen LogP contribution is 2.21. The summed E-state index contributed by atoms with van der Waals surface area (Å²) in [6.45, 7) is 4.10. The highest BCUT2D eigenvalue weighted by molar-refractivity contribution is 5.01. The molecule has 0 bridgehead atoms. The van der Waals surface area contributed by atoms with Crippen LogP contribution in [0.5, 0.6) is 0 Å². The van der Waals surface area contributed by atoms with Crippen LogP contribution in [-0.2, 0) is 4.74 Å². The van der Waals surface area contributed by atoms with E-state index in [1.807, 2.05) is 0 Å². The van der Waals surface area contributed by atoms with E-state index in [9.17, 15) is 0 Å². The molecule has 0 amide bonds. The summed E-state index contributed by atoms with van der Waals surface area (Å²) in [6.07, 6.45) is 6.78. The van der Waals surface area contributed by atoms with Crippen molar-refractivity contribution in [2.24, 2.45) is 5.73 Å². The summed E-state index contributed by atoms with van der Waals surface area (Å²) < 4.78 is 5.33. The van der Waals surface area contributed by atoms with E-state index in [0.717, 1.165) is 18.5 Å². The van der Waals surface area contributed by atoms with E-state index in [1.54, 1.807) is 25.7 Å². The first-order valence-electron chi connectivity index (χ1n) is 5.12. The van der Waals surface area contributed by atoms with Crippen molar-refractivity contribution in [3.05, 3.63) is 24.3 Å². The van der Waals surface area contributed by atoms with Crippen LogP contribution in [0.15, 0.2) is 18.6 Å². The average Bonchev–Trinajstić information content (AvgIpc) is 2.27. The quantitative estimate of drug-likeness (QED) is 0.801. The van der Waals surface area contributed by atoms with Crippen LogP contribution in [0, 0.1) is 0 Å². The van der Waals surface area contributed by atoms with E-state index < -0.39 is 0 Å². The van der Waals surface area contributed by atoms with Crippen molar-refractivity contribution in [3.8, 4) is 0 Å². The second-order valence-electron chi connectivity index (χ2n) is 4.24. The van der Waals surface area contributed by atoms with Gasteiger partial charge >= 0.3 is 0 Å². The Labute approximate surface area is 90.9 Å². The fourth-order valence-electron chi connectivity index (χ4n) is 1.26. The first-order valence-corrected chi connectivity index (χ1v) is 5.12. The summed E-state index contributed by atoms with van der Waals surface area (Å²) in [7, 11) is 1.72. The van der Waals surface area contributed by atoms with Crippen LogP contribution in [0.1, 0.15) is 38.4 Å². The number of nitrogens with zero attached hydrogens (tertiary/aromatic N) is 2. The lowest BCUT2D eigenvalue weighted by atomic mass is 9.98. The third-order valence-electron chi connectivity index (χ3n) is 2.57. The zero-order chi connectivity index (χ0) is 11.3. The van der Waals surface area contributed by atoms with E-state index in [0.29, 0.717) is 0 Å². The van der Waals surface area contributed by atoms with Crippen LogP contribution in [-0.4, -0.2) is 22.7 Å². The second-order valence-corrected chi connectivity index (χ2v) is 4.24. The SMILES string of the molecule is COC(C)(C)CCC(N)c1cnccn1. The zero-order valence-electron chi connectivity index (χ0n) is 9.60. The van der Waals surface area contributed by atoms with Crippen LogP contribution in [0.3, 0.4) is 0 Å². The Morgan fingerprint density at radius 1 is 1.47 bits per heavy atom. The maximum absolute atomic E-state index is 6.00. The predicted molar refractivity (Wildman–Crippen MR) is 59.3 cm³/mol. The molecule has 2 N–H and O–H groups in total. The fraction of sp³-hybridized carbons (Fsp3) is 0.636. The molecule has 1 unspecified atom stereocenters. The molecule has 1 aromatic rings. The molecule has 1 rings (SSSR count). The van der Waals surface area contributed by atoms with Crippen molar-refractivity contribution < 1.29 is 4.74 Å². The molecular weight excluding hydrogens is 190 g/mol. The number of aromatic nitrogens is 2. The van der Waals surface area contributed by atoms with Gasteiger partial charge in [-0.1, -0.05) is 0 Å². The second kappa shape index (κ2) is 5.19. The molecule has 0 saturated heterocycles. The third kappa shape index (κ3) is 3.93. The first-order chi connectivity index (χ1) is 7.05. The molecule has 0 saturated carbocycles. The maximum atomic E-state index is 6.00. The highest BCUT2D eigenvalue weighted by Gasteiger charge is 2.18. The Morgan fingerprint density at radius 2 is 2.20 bits per heavy atom. The molecule has 0 radical (unpaired) electrons. The van der Waals surface area contributed by atoms with Crippen molar-refractivity contribution in [2.75, 3.05) is 7.11 Å². The Bertz CT molecular complexity index is 287. The van der Waals surface area contributed by atoms with Crippen molar-refractivity contribution in [2.45, 2.75) is 38.3 Å². The van der Waals surface area contributed by atoms with E-state index >= 15 is 0 Å². The first kappa shape index (κ1) is 12.1. The molecule has 4 nitrogen and oxygen atoms in total. The summed E-state index contributed by atoms with van der Waals surface area (Å²) >= 11 is 0. The number of rotatable bonds is 5. The topological polar surface area (TPSA) is 61.0 Å². The molecule has 0 aromatic carbocycles. The van der Waals surface area contributed by atoms with Gasteiger partial charge in [0.15, 0.2) is 0 Å². The Morgan fingerprint density at radius 3 is 2.73 bits per heavy atom. The van der Waals surface area contributed by atoms with Gasteiger partial charge in [0.2, 0.25) is 0 Å². The lowest BCUT2D eigenvalue weighted by Gasteiger charge is -2.24. The lowest BCUT2D eigenvalue weighted by molar-refractivity contribution is 0.0124. The van der Waals surface area contributed by atoms with Crippen LogP contribution in [0.2, 0.25) is 0 Å². The van der Waals surface area contributed by atoms with Gasteiger partial charge in [0, 0.05) is 31.7 Å². The molecule has 1 heterocycles. The predicted octanol–water partition coefficient (Wildman–Crippen LogP) is 1.68. The van der Waals surface area contributed by atoms with Gasteiger partial charge in [-0.15, -0.1) is 0 Å². The molecule has 0 aliphatic rings. The molecule has 1 atom stereocenters. The summed E-state index contributed by atoms with van der Waals surface area (Å²) in [5, 5.41) is 0. The van der Waals surface area contributed by atoms with E-state index in [1.165, 1.54) is 0 Å². The molecule has 15 heavy (non-hydrogen) atoms. The average molecular weight is 209 g/mol. The Hall–Kier alpha value is -1.00. The maximum Gasteiger partial charge on any atom is 0.0753 e. The lowest BCUT2D eigenvalue weighted by Crippen LogP contribution is -2.25. The number of ether oxygens (including phenoxy) is 1. The molecule has 0 spiro atoms. The third-order valence-corrected chi connectivity index (χ3v) is 2.57. The zero-order valence-corrected chi connectivity index (χ0v) is 9.60. The highest BCUT2D eigenvalue weighted by atomic mass is 16.5. The normalized spacial score (nSPS) is 13.9. The summed E-state index contributed by atoms with van der Waals surface area (Å²) in [5.74, 6) is 0. The van der Waals surface area contributed by atoms with Crippen molar-refractivity contribution in [1.82, 2.24) is 9.97 Å². The molecule has 84 valence electrons. The molecule has 4 heteroatoms. The van der Waals surface area contributed by atoms with E-state index in [-0.39, 0.29) is 11.6 Å². The molecular formula is C11H19N3O. The summed E-state index contributed by atoms with van der Waals surface area (Å²) in [6, 6.07) is -0.0619. The van der Waals surface area contributed by atoms with E-state index in [2.05, 4.69) is 23.8 Å². The minimum atomic E-state index is -0.125. The summed E-state index contributed by atoms with van der Waals surface area (Å²) in [5.41, 5.74) is 6.71. The van der Waals surface area contributed by atoms with Crippen LogP contribution >= 0.6 is 0 Å². The molecule has 0 fully saturated rings. The van der Waals surface area contributed by atoms with Gasteiger partial charge in [0.1, 0.15) is 0 Å². The van der Waals surface area contributed by atoms with Gasteiger partial charge in [0.05, 0.1) is 11.3 Å². The van der Waals surface area contributed by atoms with Gasteiger partial charge in [-0.3, -0.25) is 9.97 Å². The Balaban J connectivity index is 2.47. The largest absolute Gasteiger partial charge is 0.379 e. The molecule has 1 aromatic heterocycles. The van der Waals surface area contributed by atoms with Crippen LogP contribution in [0.25, 0.3) is 0 Å². The standard InChI is InChI=1S/C11H19N3O/c1-11(2,15-3)5-4-9(12)10-8-13-6-7-14-10/h6-9H,4-5,12H2,1-3H3. The monoisotopic (exact) mass is 209 g/mol. The van der Waals surface area contributed by atoms with Gasteiger partial charge < -0.3 is 10.5 Å². The van der Waals surface area contributed by atoms with E-state index in [4.69, 9.17) is 10.5 Å². The van der Waals surface area contributed by atoms with Crippen LogP contribution < -0.4 is 5.73 Å². The van der Waals surface area contributed by atoms with Gasteiger partial charge in [-0.25, -0.2) is 0 Å². The molecule has 0 aliphatic heterocycles. The van der Waals surface area contributed by atoms with Gasteiger partial charge in [0.25, 0.3) is 0 Å². The minimum Gasteiger partial charge on any atom is -0.379 e. The van der Waals surface area contributed by atoms with Crippen molar-refractivity contribution in [3.63, 3.8) is 0 Å². The van der Waals surface area contributed by atoms with Gasteiger partial charge in [-0.2, -0.15) is 0 Å². The minimum absolute atomic E-state index is 0.0619. The van der Waals surface area contributed by atoms with Crippen molar-refractivity contribution in [1.29, 1.82) is 0 Å². The smallest absolute Gasteiger partial charge is 0.0753 e. The van der Waals surface area contributed by atoms with Gasteiger partial charge in [-0.05, 0) is 26.7 Å². The Kier molecular flexibility index (Phi) is 4.17. The fourth-order valence-corrected chi connectivity index (χ4v) is 1.26.